The fourth-order valence-corrected chi connectivity index (χ4v) is 2.14. The lowest BCUT2D eigenvalue weighted by molar-refractivity contribution is -0.142. The first-order valence-electron chi connectivity index (χ1n) is 8.06. The van der Waals surface area contributed by atoms with E-state index in [0.29, 0.717) is 5.56 Å². The molecule has 26 heavy (non-hydrogen) atoms. The number of benzene rings is 1. The molecule has 0 heterocycles. The summed E-state index contributed by atoms with van der Waals surface area (Å²) in [4.78, 5) is 46.9. The summed E-state index contributed by atoms with van der Waals surface area (Å²) in [5, 5.41) is 0. The summed E-state index contributed by atoms with van der Waals surface area (Å²) < 4.78 is 19.9. The first kappa shape index (κ1) is 21.1. The quantitative estimate of drug-likeness (QED) is 0.509. The summed E-state index contributed by atoms with van der Waals surface area (Å²) in [5.41, 5.74) is 0.611. The summed E-state index contributed by atoms with van der Waals surface area (Å²) >= 11 is 0. The highest BCUT2D eigenvalue weighted by atomic mass is 16.5. The molecule has 0 aliphatic rings. The Kier molecular flexibility index (Phi) is 8.27. The van der Waals surface area contributed by atoms with Crippen molar-refractivity contribution in [2.75, 3.05) is 13.2 Å². The van der Waals surface area contributed by atoms with Gasteiger partial charge in [0.15, 0.2) is 0 Å². The molecular formula is C18H22O8. The molecule has 0 aliphatic carbocycles. The lowest BCUT2D eigenvalue weighted by Crippen LogP contribution is -2.18. The zero-order valence-electron chi connectivity index (χ0n) is 15.2. The number of esters is 4. The van der Waals surface area contributed by atoms with Crippen molar-refractivity contribution >= 4 is 23.9 Å². The van der Waals surface area contributed by atoms with Crippen LogP contribution in [0.2, 0.25) is 0 Å². The predicted molar refractivity (Wildman–Crippen MR) is 89.3 cm³/mol. The molecule has 0 N–H and O–H groups in total. The largest absolute Gasteiger partial charge is 0.462 e. The van der Waals surface area contributed by atoms with E-state index in [1.165, 1.54) is 26.0 Å². The van der Waals surface area contributed by atoms with Crippen LogP contribution in [0.3, 0.4) is 0 Å². The molecule has 0 bridgehead atoms. The van der Waals surface area contributed by atoms with E-state index in [4.69, 9.17) is 18.9 Å². The third-order valence-corrected chi connectivity index (χ3v) is 3.13. The lowest BCUT2D eigenvalue weighted by atomic mass is 9.97. The number of hydrogen-bond donors (Lipinski definition) is 0. The Balaban J connectivity index is 3.46. The van der Waals surface area contributed by atoms with Crippen LogP contribution in [0.4, 0.5) is 0 Å². The summed E-state index contributed by atoms with van der Waals surface area (Å²) in [6, 6.07) is 2.91. The normalized spacial score (nSPS) is 10.0. The SMILES string of the molecule is CCOC(=O)c1cc(COC(C)=O)cc(COC(C)=O)c1C(=O)OCC. The van der Waals surface area contributed by atoms with Gasteiger partial charge in [0.05, 0.1) is 24.3 Å². The summed E-state index contributed by atoms with van der Waals surface area (Å²) in [6.45, 7) is 5.57. The van der Waals surface area contributed by atoms with Crippen molar-refractivity contribution in [1.82, 2.24) is 0 Å². The van der Waals surface area contributed by atoms with Gasteiger partial charge in [0, 0.05) is 19.4 Å². The van der Waals surface area contributed by atoms with Crippen LogP contribution < -0.4 is 0 Å². The fraction of sp³-hybridized carbons (Fsp3) is 0.444. The van der Waals surface area contributed by atoms with Gasteiger partial charge in [0.2, 0.25) is 0 Å². The molecule has 0 aliphatic heterocycles. The number of rotatable bonds is 8. The summed E-state index contributed by atoms with van der Waals surface area (Å²) in [7, 11) is 0. The molecule has 1 aromatic rings. The number of carbonyl (C=O) groups excluding carboxylic acids is 4. The molecule has 0 saturated heterocycles. The minimum atomic E-state index is -0.739. The average Bonchev–Trinajstić information content (AvgIpc) is 2.57. The van der Waals surface area contributed by atoms with Gasteiger partial charge in [-0.1, -0.05) is 0 Å². The predicted octanol–water partition coefficient (Wildman–Crippen LogP) is 2.17. The van der Waals surface area contributed by atoms with Gasteiger partial charge in [-0.05, 0) is 31.5 Å². The van der Waals surface area contributed by atoms with Gasteiger partial charge in [0.25, 0.3) is 0 Å². The van der Waals surface area contributed by atoms with E-state index in [0.717, 1.165) is 0 Å². The zero-order valence-corrected chi connectivity index (χ0v) is 15.2. The summed E-state index contributed by atoms with van der Waals surface area (Å²) in [6.07, 6.45) is 0. The smallest absolute Gasteiger partial charge is 0.339 e. The van der Waals surface area contributed by atoms with Crippen LogP contribution in [0.5, 0.6) is 0 Å². The van der Waals surface area contributed by atoms with Crippen molar-refractivity contribution in [3.63, 3.8) is 0 Å². The van der Waals surface area contributed by atoms with Crippen LogP contribution >= 0.6 is 0 Å². The molecule has 8 heteroatoms. The standard InChI is InChI=1S/C18H22O8/c1-5-23-17(21)15-8-13(9-25-11(3)19)7-14(10-26-12(4)20)16(15)18(22)24-6-2/h7-8H,5-6,9-10H2,1-4H3. The molecule has 0 spiro atoms. The molecule has 0 atom stereocenters. The van der Waals surface area contributed by atoms with Gasteiger partial charge in [-0.15, -0.1) is 0 Å². The monoisotopic (exact) mass is 366 g/mol. The van der Waals surface area contributed by atoms with E-state index in [1.54, 1.807) is 13.8 Å². The maximum absolute atomic E-state index is 12.4. The average molecular weight is 366 g/mol. The molecule has 0 fully saturated rings. The maximum Gasteiger partial charge on any atom is 0.339 e. The Morgan fingerprint density at radius 3 is 1.85 bits per heavy atom. The van der Waals surface area contributed by atoms with E-state index in [9.17, 15) is 19.2 Å². The van der Waals surface area contributed by atoms with E-state index in [2.05, 4.69) is 0 Å². The molecular weight excluding hydrogens is 344 g/mol. The van der Waals surface area contributed by atoms with Crippen LogP contribution in [0.15, 0.2) is 12.1 Å². The van der Waals surface area contributed by atoms with Crippen molar-refractivity contribution < 1.29 is 38.1 Å². The molecule has 0 amide bonds. The minimum absolute atomic E-state index is 0.0434. The number of ether oxygens (including phenoxy) is 4. The van der Waals surface area contributed by atoms with Gasteiger partial charge in [-0.2, -0.15) is 0 Å². The van der Waals surface area contributed by atoms with E-state index in [-0.39, 0.29) is 43.1 Å². The molecule has 1 aromatic carbocycles. The summed E-state index contributed by atoms with van der Waals surface area (Å²) in [5.74, 6) is -2.53. The number of carbonyl (C=O) groups is 4. The Morgan fingerprint density at radius 1 is 0.769 bits per heavy atom. The Bertz CT molecular complexity index is 693. The topological polar surface area (TPSA) is 105 Å². The lowest BCUT2D eigenvalue weighted by Gasteiger charge is -2.15. The second-order valence-electron chi connectivity index (χ2n) is 5.18. The van der Waals surface area contributed by atoms with Crippen molar-refractivity contribution in [2.45, 2.75) is 40.9 Å². The molecule has 142 valence electrons. The van der Waals surface area contributed by atoms with Crippen molar-refractivity contribution in [3.8, 4) is 0 Å². The highest BCUT2D eigenvalue weighted by molar-refractivity contribution is 6.04. The highest BCUT2D eigenvalue weighted by Gasteiger charge is 2.25. The molecule has 0 aromatic heterocycles. The van der Waals surface area contributed by atoms with Gasteiger partial charge in [-0.25, -0.2) is 9.59 Å². The first-order chi connectivity index (χ1) is 12.3. The Morgan fingerprint density at radius 2 is 1.31 bits per heavy atom. The molecule has 0 unspecified atom stereocenters. The van der Waals surface area contributed by atoms with E-state index in [1.807, 2.05) is 0 Å². The molecule has 1 rings (SSSR count). The maximum atomic E-state index is 12.4. The minimum Gasteiger partial charge on any atom is -0.462 e. The van der Waals surface area contributed by atoms with Gasteiger partial charge < -0.3 is 18.9 Å². The Labute approximate surface area is 151 Å². The highest BCUT2D eigenvalue weighted by Crippen LogP contribution is 2.22. The third-order valence-electron chi connectivity index (χ3n) is 3.13. The Hall–Kier alpha value is -2.90. The molecule has 0 saturated carbocycles. The van der Waals surface area contributed by atoms with E-state index < -0.39 is 23.9 Å². The van der Waals surface area contributed by atoms with Crippen molar-refractivity contribution in [2.24, 2.45) is 0 Å². The zero-order chi connectivity index (χ0) is 19.7. The van der Waals surface area contributed by atoms with Gasteiger partial charge in [-0.3, -0.25) is 9.59 Å². The van der Waals surface area contributed by atoms with Crippen LogP contribution in [0, 0.1) is 0 Å². The fourth-order valence-electron chi connectivity index (χ4n) is 2.14. The third kappa shape index (κ3) is 6.19. The first-order valence-corrected chi connectivity index (χ1v) is 8.06. The van der Waals surface area contributed by atoms with Gasteiger partial charge >= 0.3 is 23.9 Å². The molecule has 8 nitrogen and oxygen atoms in total. The van der Waals surface area contributed by atoms with Crippen molar-refractivity contribution in [1.29, 1.82) is 0 Å². The number of hydrogen-bond acceptors (Lipinski definition) is 8. The van der Waals surface area contributed by atoms with Crippen LogP contribution in [-0.4, -0.2) is 37.1 Å². The van der Waals surface area contributed by atoms with E-state index >= 15 is 0 Å². The van der Waals surface area contributed by atoms with Crippen molar-refractivity contribution in [3.05, 3.63) is 34.4 Å². The second kappa shape index (κ2) is 10.2. The van der Waals surface area contributed by atoms with Crippen LogP contribution in [0.25, 0.3) is 0 Å². The second-order valence-corrected chi connectivity index (χ2v) is 5.18. The molecule has 0 radical (unpaired) electrons. The van der Waals surface area contributed by atoms with Crippen LogP contribution in [-0.2, 0) is 41.8 Å². The van der Waals surface area contributed by atoms with Crippen LogP contribution in [0.1, 0.15) is 59.5 Å². The van der Waals surface area contributed by atoms with Gasteiger partial charge in [0.1, 0.15) is 13.2 Å².